The van der Waals surface area contributed by atoms with E-state index >= 15 is 0 Å². The number of fused-ring (bicyclic) bond motifs is 1. The SMILES string of the molecule is CCCCc1nc(C)n2[nH]c(=S)nc2c1Cc1ccc(-c2ccccc2)c(-c2nn[nH]n2)c1. The average Bonchev–Trinajstić information content (AvgIpc) is 3.50. The molecule has 5 aromatic rings. The van der Waals surface area contributed by atoms with E-state index in [4.69, 9.17) is 17.2 Å². The summed E-state index contributed by atoms with van der Waals surface area (Å²) in [7, 11) is 0. The molecule has 0 aliphatic heterocycles. The van der Waals surface area contributed by atoms with Crippen LogP contribution in [0, 0.1) is 11.7 Å². The number of hydrogen-bond donors (Lipinski definition) is 2. The second-order valence-electron chi connectivity index (χ2n) is 8.03. The zero-order chi connectivity index (χ0) is 22.8. The summed E-state index contributed by atoms with van der Waals surface area (Å²) in [6.07, 6.45) is 3.76. The predicted octanol–water partition coefficient (Wildman–Crippen LogP) is 4.88. The molecular weight excluding hydrogens is 432 g/mol. The van der Waals surface area contributed by atoms with Crippen molar-refractivity contribution in [3.05, 3.63) is 75.9 Å². The first-order chi connectivity index (χ1) is 16.1. The van der Waals surface area contributed by atoms with Crippen molar-refractivity contribution < 1.29 is 0 Å². The molecule has 33 heavy (non-hydrogen) atoms. The lowest BCUT2D eigenvalue weighted by atomic mass is 9.94. The number of aryl methyl sites for hydroxylation is 2. The van der Waals surface area contributed by atoms with Gasteiger partial charge in [-0.15, -0.1) is 10.2 Å². The molecule has 0 aliphatic carbocycles. The van der Waals surface area contributed by atoms with Crippen LogP contribution in [-0.2, 0) is 12.8 Å². The molecule has 0 fully saturated rings. The van der Waals surface area contributed by atoms with Gasteiger partial charge in [0.25, 0.3) is 0 Å². The molecule has 2 N–H and O–H groups in total. The van der Waals surface area contributed by atoms with Gasteiger partial charge in [0.05, 0.1) is 0 Å². The molecule has 0 spiro atoms. The molecule has 0 saturated carbocycles. The van der Waals surface area contributed by atoms with Gasteiger partial charge in [0.15, 0.2) is 5.65 Å². The number of aromatic nitrogens is 8. The summed E-state index contributed by atoms with van der Waals surface area (Å²) < 4.78 is 2.34. The number of rotatable bonds is 7. The Balaban J connectivity index is 1.63. The van der Waals surface area contributed by atoms with Crippen LogP contribution in [0.25, 0.3) is 28.2 Å². The molecule has 2 aromatic carbocycles. The van der Waals surface area contributed by atoms with Crippen molar-refractivity contribution in [2.24, 2.45) is 0 Å². The van der Waals surface area contributed by atoms with E-state index in [9.17, 15) is 0 Å². The molecule has 166 valence electrons. The molecular formula is C24H24N8S. The summed E-state index contributed by atoms with van der Waals surface area (Å²) in [5.41, 5.74) is 7.21. The highest BCUT2D eigenvalue weighted by molar-refractivity contribution is 7.71. The number of unbranched alkanes of at least 4 members (excludes halogenated alkanes) is 1. The molecule has 0 atom stereocenters. The van der Waals surface area contributed by atoms with Gasteiger partial charge >= 0.3 is 0 Å². The highest BCUT2D eigenvalue weighted by Gasteiger charge is 2.17. The van der Waals surface area contributed by atoms with Gasteiger partial charge in [-0.25, -0.2) is 9.50 Å². The third kappa shape index (κ3) is 4.19. The molecule has 0 saturated heterocycles. The second kappa shape index (κ2) is 9.03. The van der Waals surface area contributed by atoms with E-state index in [1.54, 1.807) is 0 Å². The minimum absolute atomic E-state index is 0.459. The van der Waals surface area contributed by atoms with E-state index in [1.807, 2.05) is 29.6 Å². The van der Waals surface area contributed by atoms with Crippen molar-refractivity contribution in [2.45, 2.75) is 39.5 Å². The van der Waals surface area contributed by atoms with Crippen molar-refractivity contribution in [3.63, 3.8) is 0 Å². The first-order valence-corrected chi connectivity index (χ1v) is 11.4. The average molecular weight is 457 g/mol. The highest BCUT2D eigenvalue weighted by Crippen LogP contribution is 2.32. The standard InChI is InChI=1S/C24H24N8S/c1-3-4-10-21-20(23-26-24(33)29-32(23)15(2)25-21)14-16-11-12-18(17-8-6-5-7-9-17)19(13-16)22-27-30-31-28-22/h5-9,11-13H,3-4,10,14H2,1-2H3,(H,29,33)(H,27,28,30,31). The summed E-state index contributed by atoms with van der Waals surface area (Å²) >= 11 is 5.33. The molecule has 3 aromatic heterocycles. The fourth-order valence-corrected chi connectivity index (χ4v) is 4.34. The third-order valence-corrected chi connectivity index (χ3v) is 5.95. The predicted molar refractivity (Wildman–Crippen MR) is 129 cm³/mol. The van der Waals surface area contributed by atoms with Gasteiger partial charge in [0, 0.05) is 23.2 Å². The van der Waals surface area contributed by atoms with Crippen molar-refractivity contribution in [3.8, 4) is 22.5 Å². The zero-order valence-corrected chi connectivity index (χ0v) is 19.4. The molecule has 3 heterocycles. The van der Waals surface area contributed by atoms with Crippen LogP contribution >= 0.6 is 12.2 Å². The van der Waals surface area contributed by atoms with Gasteiger partial charge in [-0.3, -0.25) is 5.10 Å². The van der Waals surface area contributed by atoms with E-state index in [2.05, 4.69) is 68.0 Å². The largest absolute Gasteiger partial charge is 0.265 e. The van der Waals surface area contributed by atoms with Crippen LogP contribution in [0.15, 0.2) is 48.5 Å². The van der Waals surface area contributed by atoms with Crippen LogP contribution in [0.1, 0.15) is 42.4 Å². The second-order valence-corrected chi connectivity index (χ2v) is 8.42. The number of benzene rings is 2. The van der Waals surface area contributed by atoms with E-state index < -0.39 is 0 Å². The Morgan fingerprint density at radius 2 is 1.88 bits per heavy atom. The third-order valence-electron chi connectivity index (χ3n) is 5.77. The van der Waals surface area contributed by atoms with Gasteiger partial charge in [0.1, 0.15) is 5.82 Å². The summed E-state index contributed by atoms with van der Waals surface area (Å²) in [4.78, 5) is 9.51. The highest BCUT2D eigenvalue weighted by atomic mass is 32.1. The zero-order valence-electron chi connectivity index (χ0n) is 18.5. The van der Waals surface area contributed by atoms with E-state index in [0.29, 0.717) is 17.0 Å². The number of tetrazole rings is 1. The maximum absolute atomic E-state index is 5.33. The van der Waals surface area contributed by atoms with Crippen molar-refractivity contribution in [1.82, 2.24) is 40.2 Å². The lowest BCUT2D eigenvalue weighted by molar-refractivity contribution is 0.744. The topological polar surface area (TPSA) is 100 Å². The van der Waals surface area contributed by atoms with Gasteiger partial charge in [-0.05, 0) is 60.0 Å². The first-order valence-electron chi connectivity index (χ1n) is 11.0. The van der Waals surface area contributed by atoms with E-state index in [1.165, 1.54) is 0 Å². The van der Waals surface area contributed by atoms with Crippen LogP contribution < -0.4 is 0 Å². The van der Waals surface area contributed by atoms with Crippen molar-refractivity contribution in [1.29, 1.82) is 0 Å². The Morgan fingerprint density at radius 3 is 2.64 bits per heavy atom. The van der Waals surface area contributed by atoms with Crippen LogP contribution in [0.5, 0.6) is 0 Å². The van der Waals surface area contributed by atoms with E-state index in [-0.39, 0.29) is 0 Å². The lowest BCUT2D eigenvalue weighted by Gasteiger charge is -2.14. The quantitative estimate of drug-likeness (QED) is 0.339. The fourth-order valence-electron chi connectivity index (χ4n) is 4.17. The Morgan fingerprint density at radius 1 is 1.03 bits per heavy atom. The Bertz CT molecular complexity index is 1450. The minimum Gasteiger partial charge on any atom is -0.265 e. The Kier molecular flexibility index (Phi) is 5.78. The summed E-state index contributed by atoms with van der Waals surface area (Å²) in [5.74, 6) is 1.42. The van der Waals surface area contributed by atoms with Crippen LogP contribution in [-0.4, -0.2) is 40.2 Å². The normalized spacial score (nSPS) is 11.3. The number of aromatic amines is 2. The smallest absolute Gasteiger partial charge is 0.214 e. The molecule has 9 heteroatoms. The maximum atomic E-state index is 5.33. The monoisotopic (exact) mass is 456 g/mol. The van der Waals surface area contributed by atoms with Gasteiger partial charge < -0.3 is 0 Å². The molecule has 0 unspecified atom stereocenters. The van der Waals surface area contributed by atoms with Gasteiger partial charge in [0.2, 0.25) is 10.6 Å². The van der Waals surface area contributed by atoms with Gasteiger partial charge in [-0.2, -0.15) is 10.2 Å². The maximum Gasteiger partial charge on any atom is 0.214 e. The summed E-state index contributed by atoms with van der Waals surface area (Å²) in [6.45, 7) is 4.16. The van der Waals surface area contributed by atoms with E-state index in [0.717, 1.165) is 64.2 Å². The molecule has 0 amide bonds. The number of H-pyrrole nitrogens is 2. The number of nitrogens with zero attached hydrogens (tertiary/aromatic N) is 6. The fraction of sp³-hybridized carbons (Fsp3) is 0.250. The summed E-state index contributed by atoms with van der Waals surface area (Å²) in [5, 5.41) is 18.0. The molecule has 0 aliphatic rings. The number of nitrogens with one attached hydrogen (secondary N) is 2. The number of hydrogen-bond acceptors (Lipinski definition) is 6. The van der Waals surface area contributed by atoms with Crippen LogP contribution in [0.4, 0.5) is 0 Å². The van der Waals surface area contributed by atoms with Crippen molar-refractivity contribution in [2.75, 3.05) is 0 Å². The first kappa shape index (κ1) is 21.1. The summed E-state index contributed by atoms with van der Waals surface area (Å²) in [6, 6.07) is 16.6. The minimum atomic E-state index is 0.459. The molecule has 0 radical (unpaired) electrons. The molecule has 0 bridgehead atoms. The Labute approximate surface area is 196 Å². The van der Waals surface area contributed by atoms with Crippen molar-refractivity contribution >= 4 is 17.9 Å². The Hall–Kier alpha value is -3.72. The molecule has 8 nitrogen and oxygen atoms in total. The lowest BCUT2D eigenvalue weighted by Crippen LogP contribution is -2.08. The molecule has 5 rings (SSSR count). The van der Waals surface area contributed by atoms with Gasteiger partial charge in [-0.1, -0.05) is 55.8 Å². The van der Waals surface area contributed by atoms with Crippen LogP contribution in [0.3, 0.4) is 0 Å². The van der Waals surface area contributed by atoms with Crippen LogP contribution in [0.2, 0.25) is 0 Å².